The molecule has 0 saturated heterocycles. The molecule has 1 aliphatic carbocycles. The maximum Gasteiger partial charge on any atom is 0.134 e. The predicted molar refractivity (Wildman–Crippen MR) is 80.7 cm³/mol. The van der Waals surface area contributed by atoms with Crippen LogP contribution in [-0.4, -0.2) is 17.3 Å². The van der Waals surface area contributed by atoms with Crippen molar-refractivity contribution in [2.75, 3.05) is 6.61 Å². The van der Waals surface area contributed by atoms with E-state index in [0.29, 0.717) is 0 Å². The molecule has 108 valence electrons. The predicted octanol–water partition coefficient (Wildman–Crippen LogP) is 3.53. The minimum Gasteiger partial charge on any atom is -0.461 e. The average molecular weight is 273 g/mol. The van der Waals surface area contributed by atoms with Gasteiger partial charge in [0, 0.05) is 23.0 Å². The minimum atomic E-state index is -0.0942. The summed E-state index contributed by atoms with van der Waals surface area (Å²) in [6.45, 7) is 3.01. The molecular weight excluding hydrogens is 250 g/mol. The summed E-state index contributed by atoms with van der Waals surface area (Å²) >= 11 is 0. The number of rotatable bonds is 4. The Bertz CT molecular complexity index is 582. The van der Waals surface area contributed by atoms with E-state index in [0.717, 1.165) is 30.7 Å². The Kier molecular flexibility index (Phi) is 3.81. The van der Waals surface area contributed by atoms with E-state index in [2.05, 4.69) is 11.4 Å². The van der Waals surface area contributed by atoms with Crippen LogP contribution in [0, 0.1) is 6.92 Å². The molecule has 1 aliphatic rings. The van der Waals surface area contributed by atoms with Crippen LogP contribution in [0.4, 0.5) is 0 Å². The molecule has 1 fully saturated rings. The lowest BCUT2D eigenvalue weighted by Gasteiger charge is -2.36. The molecule has 0 aliphatic heterocycles. The summed E-state index contributed by atoms with van der Waals surface area (Å²) in [6.07, 6.45) is 5.84. The average Bonchev–Trinajstić information content (AvgIpc) is 2.81. The van der Waals surface area contributed by atoms with Crippen LogP contribution in [0.3, 0.4) is 0 Å². The van der Waals surface area contributed by atoms with E-state index < -0.39 is 0 Å². The Morgan fingerprint density at radius 2 is 1.95 bits per heavy atom. The van der Waals surface area contributed by atoms with Gasteiger partial charge in [-0.3, -0.25) is 0 Å². The summed E-state index contributed by atoms with van der Waals surface area (Å²) in [7, 11) is 0. The van der Waals surface area contributed by atoms with Crippen molar-refractivity contribution < 1.29 is 9.52 Å². The molecule has 2 N–H and O–H groups in total. The lowest BCUT2D eigenvalue weighted by Crippen LogP contribution is -2.49. The van der Waals surface area contributed by atoms with Crippen molar-refractivity contribution in [2.24, 2.45) is 0 Å². The third kappa shape index (κ3) is 2.48. The van der Waals surface area contributed by atoms with Gasteiger partial charge in [0.2, 0.25) is 0 Å². The third-order valence-electron chi connectivity index (χ3n) is 4.65. The number of aliphatic hydroxyl groups is 1. The van der Waals surface area contributed by atoms with Gasteiger partial charge in [0.05, 0.1) is 6.61 Å². The van der Waals surface area contributed by atoms with E-state index in [9.17, 15) is 5.11 Å². The number of nitrogens with one attached hydrogen (secondary N) is 1. The Morgan fingerprint density at radius 1 is 1.20 bits per heavy atom. The number of hydrogen-bond acceptors (Lipinski definition) is 3. The van der Waals surface area contributed by atoms with E-state index >= 15 is 0 Å². The fourth-order valence-electron chi connectivity index (χ4n) is 3.34. The van der Waals surface area contributed by atoms with Gasteiger partial charge in [0.25, 0.3) is 0 Å². The maximum atomic E-state index is 9.77. The summed E-state index contributed by atoms with van der Waals surface area (Å²) in [6, 6.07) is 8.16. The van der Waals surface area contributed by atoms with E-state index in [4.69, 9.17) is 4.42 Å². The Labute approximate surface area is 120 Å². The second kappa shape index (κ2) is 5.58. The summed E-state index contributed by atoms with van der Waals surface area (Å²) in [5.41, 5.74) is 2.07. The number of aliphatic hydroxyl groups excluding tert-OH is 1. The number of benzene rings is 1. The lowest BCUT2D eigenvalue weighted by atomic mass is 9.82. The SMILES string of the molecule is Cc1oc2ccccc2c1CNC1(CO)CCCCC1. The molecule has 20 heavy (non-hydrogen) atoms. The normalized spacial score (nSPS) is 18.5. The molecule has 1 aromatic heterocycles. The van der Waals surface area contributed by atoms with E-state index in [1.807, 2.05) is 25.1 Å². The standard InChI is InChI=1S/C17H23NO2/c1-13-15(14-7-3-4-8-16(14)20-13)11-18-17(12-19)9-5-2-6-10-17/h3-4,7-8,18-19H,2,5-6,9-12H2,1H3. The van der Waals surface area contributed by atoms with Gasteiger partial charge in [0.1, 0.15) is 11.3 Å². The molecule has 2 aromatic rings. The highest BCUT2D eigenvalue weighted by atomic mass is 16.3. The number of fused-ring (bicyclic) bond motifs is 1. The fraction of sp³-hybridized carbons (Fsp3) is 0.529. The Balaban J connectivity index is 1.81. The molecule has 0 atom stereocenters. The molecule has 0 spiro atoms. The number of hydrogen-bond donors (Lipinski definition) is 2. The van der Waals surface area contributed by atoms with Crippen molar-refractivity contribution in [3.05, 3.63) is 35.6 Å². The molecule has 1 saturated carbocycles. The summed E-state index contributed by atoms with van der Waals surface area (Å²) in [4.78, 5) is 0. The highest BCUT2D eigenvalue weighted by Gasteiger charge is 2.31. The van der Waals surface area contributed by atoms with Gasteiger partial charge in [-0.25, -0.2) is 0 Å². The molecule has 0 amide bonds. The first-order valence-electron chi connectivity index (χ1n) is 7.57. The van der Waals surface area contributed by atoms with Gasteiger partial charge in [-0.15, -0.1) is 0 Å². The highest BCUT2D eigenvalue weighted by molar-refractivity contribution is 5.82. The van der Waals surface area contributed by atoms with Crippen LogP contribution in [0.25, 0.3) is 11.0 Å². The smallest absolute Gasteiger partial charge is 0.134 e. The van der Waals surface area contributed by atoms with Crippen LogP contribution in [0.1, 0.15) is 43.4 Å². The first-order valence-corrected chi connectivity index (χ1v) is 7.57. The van der Waals surface area contributed by atoms with Gasteiger partial charge in [-0.05, 0) is 25.8 Å². The maximum absolute atomic E-state index is 9.77. The fourth-order valence-corrected chi connectivity index (χ4v) is 3.34. The highest BCUT2D eigenvalue weighted by Crippen LogP contribution is 2.30. The number of furan rings is 1. The Morgan fingerprint density at radius 3 is 2.70 bits per heavy atom. The van der Waals surface area contributed by atoms with Crippen LogP contribution in [0.5, 0.6) is 0 Å². The summed E-state index contributed by atoms with van der Waals surface area (Å²) < 4.78 is 5.80. The lowest BCUT2D eigenvalue weighted by molar-refractivity contribution is 0.119. The van der Waals surface area contributed by atoms with Crippen molar-refractivity contribution in [2.45, 2.75) is 51.1 Å². The van der Waals surface area contributed by atoms with E-state index in [-0.39, 0.29) is 12.1 Å². The van der Waals surface area contributed by atoms with Gasteiger partial charge in [-0.2, -0.15) is 0 Å². The summed E-state index contributed by atoms with van der Waals surface area (Å²) in [5.74, 6) is 0.975. The van der Waals surface area contributed by atoms with Crippen molar-refractivity contribution >= 4 is 11.0 Å². The quantitative estimate of drug-likeness (QED) is 0.895. The van der Waals surface area contributed by atoms with Crippen LogP contribution in [-0.2, 0) is 6.54 Å². The van der Waals surface area contributed by atoms with Crippen LogP contribution >= 0.6 is 0 Å². The molecule has 0 radical (unpaired) electrons. The first-order chi connectivity index (χ1) is 9.74. The van der Waals surface area contributed by atoms with Crippen molar-refractivity contribution in [1.29, 1.82) is 0 Å². The minimum absolute atomic E-state index is 0.0942. The van der Waals surface area contributed by atoms with Gasteiger partial charge < -0.3 is 14.8 Å². The van der Waals surface area contributed by atoms with E-state index in [1.165, 1.54) is 30.2 Å². The second-order valence-electron chi connectivity index (χ2n) is 5.99. The third-order valence-corrected chi connectivity index (χ3v) is 4.65. The molecule has 1 aromatic carbocycles. The zero-order chi connectivity index (χ0) is 14.0. The molecule has 3 rings (SSSR count). The largest absolute Gasteiger partial charge is 0.461 e. The zero-order valence-electron chi connectivity index (χ0n) is 12.1. The molecule has 3 nitrogen and oxygen atoms in total. The zero-order valence-corrected chi connectivity index (χ0v) is 12.1. The molecule has 1 heterocycles. The van der Waals surface area contributed by atoms with Gasteiger partial charge in [-0.1, -0.05) is 37.5 Å². The van der Waals surface area contributed by atoms with E-state index in [1.54, 1.807) is 0 Å². The molecule has 0 unspecified atom stereocenters. The van der Waals surface area contributed by atoms with Crippen molar-refractivity contribution in [3.8, 4) is 0 Å². The summed E-state index contributed by atoms with van der Waals surface area (Å²) in [5, 5.41) is 14.6. The number of aryl methyl sites for hydroxylation is 1. The van der Waals surface area contributed by atoms with Crippen LogP contribution < -0.4 is 5.32 Å². The van der Waals surface area contributed by atoms with Crippen LogP contribution in [0.2, 0.25) is 0 Å². The van der Waals surface area contributed by atoms with Gasteiger partial charge in [0.15, 0.2) is 0 Å². The second-order valence-corrected chi connectivity index (χ2v) is 5.99. The monoisotopic (exact) mass is 273 g/mol. The van der Waals surface area contributed by atoms with Crippen molar-refractivity contribution in [3.63, 3.8) is 0 Å². The molecule has 0 bridgehead atoms. The first kappa shape index (κ1) is 13.7. The number of para-hydroxylation sites is 1. The molecule has 3 heteroatoms. The topological polar surface area (TPSA) is 45.4 Å². The van der Waals surface area contributed by atoms with Gasteiger partial charge >= 0.3 is 0 Å². The Hall–Kier alpha value is -1.32. The van der Waals surface area contributed by atoms with Crippen molar-refractivity contribution in [1.82, 2.24) is 5.32 Å². The molecular formula is C17H23NO2. The van der Waals surface area contributed by atoms with Crippen LogP contribution in [0.15, 0.2) is 28.7 Å².